The first-order valence-corrected chi connectivity index (χ1v) is 7.70. The fourth-order valence-electron chi connectivity index (χ4n) is 3.15. The maximum Gasteiger partial charge on any atom is 0.160 e. The SMILES string of the molecule is COc1ccc(CN(CC(C)C)C2CCCC2)cc1O. The number of ether oxygens (including phenoxy) is 1. The van der Waals surface area contributed by atoms with Gasteiger partial charge in [0.2, 0.25) is 0 Å². The highest BCUT2D eigenvalue weighted by atomic mass is 16.5. The molecule has 112 valence electrons. The Morgan fingerprint density at radius 3 is 2.55 bits per heavy atom. The first-order chi connectivity index (χ1) is 9.60. The average Bonchev–Trinajstić information content (AvgIpc) is 2.91. The van der Waals surface area contributed by atoms with Crippen molar-refractivity contribution >= 4 is 0 Å². The first-order valence-electron chi connectivity index (χ1n) is 7.70. The molecule has 1 fully saturated rings. The van der Waals surface area contributed by atoms with Gasteiger partial charge < -0.3 is 9.84 Å². The van der Waals surface area contributed by atoms with Crippen LogP contribution < -0.4 is 4.74 Å². The van der Waals surface area contributed by atoms with Crippen LogP contribution in [0.4, 0.5) is 0 Å². The van der Waals surface area contributed by atoms with Crippen LogP contribution in [0.2, 0.25) is 0 Å². The van der Waals surface area contributed by atoms with E-state index in [2.05, 4.69) is 24.8 Å². The van der Waals surface area contributed by atoms with Gasteiger partial charge in [-0.3, -0.25) is 4.90 Å². The monoisotopic (exact) mass is 277 g/mol. The normalized spacial score (nSPS) is 16.2. The Morgan fingerprint density at radius 2 is 2.00 bits per heavy atom. The number of hydrogen-bond donors (Lipinski definition) is 1. The molecule has 1 aromatic rings. The molecule has 1 aliphatic carbocycles. The van der Waals surface area contributed by atoms with Crippen molar-refractivity contribution in [2.75, 3.05) is 13.7 Å². The third kappa shape index (κ3) is 3.89. The predicted molar refractivity (Wildman–Crippen MR) is 82.2 cm³/mol. The molecule has 1 N–H and O–H groups in total. The average molecular weight is 277 g/mol. The Kier molecular flexibility index (Phi) is 5.30. The molecule has 0 spiro atoms. The molecule has 20 heavy (non-hydrogen) atoms. The van der Waals surface area contributed by atoms with Gasteiger partial charge >= 0.3 is 0 Å². The van der Waals surface area contributed by atoms with Crippen molar-refractivity contribution in [2.24, 2.45) is 5.92 Å². The smallest absolute Gasteiger partial charge is 0.160 e. The van der Waals surface area contributed by atoms with E-state index in [0.717, 1.165) is 18.7 Å². The third-order valence-electron chi connectivity index (χ3n) is 4.07. The molecular formula is C17H27NO2. The van der Waals surface area contributed by atoms with Gasteiger partial charge in [0.05, 0.1) is 7.11 Å². The van der Waals surface area contributed by atoms with E-state index in [9.17, 15) is 5.11 Å². The fraction of sp³-hybridized carbons (Fsp3) is 0.647. The lowest BCUT2D eigenvalue weighted by molar-refractivity contribution is 0.168. The molecule has 0 radical (unpaired) electrons. The zero-order valence-corrected chi connectivity index (χ0v) is 12.9. The summed E-state index contributed by atoms with van der Waals surface area (Å²) in [6.07, 6.45) is 5.34. The Hall–Kier alpha value is -1.22. The number of phenolic OH excluding ortho intramolecular Hbond substituents is 1. The van der Waals surface area contributed by atoms with Gasteiger partial charge in [0.15, 0.2) is 11.5 Å². The van der Waals surface area contributed by atoms with E-state index in [1.54, 1.807) is 7.11 Å². The zero-order valence-electron chi connectivity index (χ0n) is 12.9. The summed E-state index contributed by atoms with van der Waals surface area (Å²) in [7, 11) is 1.58. The maximum atomic E-state index is 9.91. The van der Waals surface area contributed by atoms with Crippen LogP contribution in [0.3, 0.4) is 0 Å². The van der Waals surface area contributed by atoms with Gasteiger partial charge in [-0.2, -0.15) is 0 Å². The number of benzene rings is 1. The highest BCUT2D eigenvalue weighted by molar-refractivity contribution is 5.41. The van der Waals surface area contributed by atoms with E-state index >= 15 is 0 Å². The minimum atomic E-state index is 0.237. The van der Waals surface area contributed by atoms with Crippen LogP contribution in [0.25, 0.3) is 0 Å². The Bertz CT molecular complexity index is 425. The Labute approximate surface area is 122 Å². The second-order valence-electron chi connectivity index (χ2n) is 6.27. The van der Waals surface area contributed by atoms with Gasteiger partial charge in [-0.05, 0) is 36.5 Å². The lowest BCUT2D eigenvalue weighted by Gasteiger charge is -2.30. The van der Waals surface area contributed by atoms with Gasteiger partial charge in [-0.15, -0.1) is 0 Å². The van der Waals surface area contributed by atoms with Crippen molar-refractivity contribution in [1.29, 1.82) is 0 Å². The molecule has 1 saturated carbocycles. The van der Waals surface area contributed by atoms with Crippen molar-refractivity contribution in [1.82, 2.24) is 4.90 Å². The minimum absolute atomic E-state index is 0.237. The largest absolute Gasteiger partial charge is 0.504 e. The molecule has 3 nitrogen and oxygen atoms in total. The molecule has 0 amide bonds. The molecule has 0 aliphatic heterocycles. The number of hydrogen-bond acceptors (Lipinski definition) is 3. The van der Waals surface area contributed by atoms with Crippen LogP contribution in [0.5, 0.6) is 11.5 Å². The van der Waals surface area contributed by atoms with E-state index < -0.39 is 0 Å². The van der Waals surface area contributed by atoms with Crippen molar-refractivity contribution < 1.29 is 9.84 Å². The molecular weight excluding hydrogens is 250 g/mol. The number of nitrogens with zero attached hydrogens (tertiary/aromatic N) is 1. The maximum absolute atomic E-state index is 9.91. The third-order valence-corrected chi connectivity index (χ3v) is 4.07. The Balaban J connectivity index is 2.08. The first kappa shape index (κ1) is 15.2. The van der Waals surface area contributed by atoms with Gasteiger partial charge in [0.25, 0.3) is 0 Å². The number of methoxy groups -OCH3 is 1. The molecule has 1 aliphatic rings. The summed E-state index contributed by atoms with van der Waals surface area (Å²) < 4.78 is 5.11. The minimum Gasteiger partial charge on any atom is -0.504 e. The van der Waals surface area contributed by atoms with Gasteiger partial charge in [-0.25, -0.2) is 0 Å². The topological polar surface area (TPSA) is 32.7 Å². The quantitative estimate of drug-likeness (QED) is 0.858. The molecule has 3 heteroatoms. The molecule has 0 unspecified atom stereocenters. The van der Waals surface area contributed by atoms with E-state index in [1.165, 1.54) is 25.7 Å². The summed E-state index contributed by atoms with van der Waals surface area (Å²) >= 11 is 0. The summed E-state index contributed by atoms with van der Waals surface area (Å²) in [5.41, 5.74) is 1.16. The molecule has 0 saturated heterocycles. The second-order valence-corrected chi connectivity index (χ2v) is 6.27. The van der Waals surface area contributed by atoms with Crippen LogP contribution in [-0.2, 0) is 6.54 Å². The van der Waals surface area contributed by atoms with E-state index in [0.29, 0.717) is 17.7 Å². The van der Waals surface area contributed by atoms with Crippen LogP contribution in [0, 0.1) is 5.92 Å². The van der Waals surface area contributed by atoms with E-state index in [4.69, 9.17) is 4.74 Å². The van der Waals surface area contributed by atoms with Crippen molar-refractivity contribution in [3.8, 4) is 11.5 Å². The second kappa shape index (κ2) is 6.98. The zero-order chi connectivity index (χ0) is 14.5. The molecule has 0 heterocycles. The number of phenols is 1. The summed E-state index contributed by atoms with van der Waals surface area (Å²) in [6, 6.07) is 6.45. The standard InChI is InChI=1S/C17H27NO2/c1-13(2)11-18(15-6-4-5-7-15)12-14-8-9-17(20-3)16(19)10-14/h8-10,13,15,19H,4-7,11-12H2,1-3H3. The van der Waals surface area contributed by atoms with E-state index in [-0.39, 0.29) is 5.75 Å². The van der Waals surface area contributed by atoms with Gasteiger partial charge in [0, 0.05) is 19.1 Å². The lowest BCUT2D eigenvalue weighted by Crippen LogP contribution is -2.35. The van der Waals surface area contributed by atoms with Crippen molar-refractivity contribution in [2.45, 2.75) is 52.1 Å². The lowest BCUT2D eigenvalue weighted by atomic mass is 10.1. The molecule has 0 aromatic heterocycles. The van der Waals surface area contributed by atoms with Gasteiger partial charge in [-0.1, -0.05) is 32.8 Å². The molecule has 0 atom stereocenters. The van der Waals surface area contributed by atoms with E-state index in [1.807, 2.05) is 12.1 Å². The number of aromatic hydroxyl groups is 1. The molecule has 2 rings (SSSR count). The van der Waals surface area contributed by atoms with Crippen LogP contribution in [0.1, 0.15) is 45.1 Å². The Morgan fingerprint density at radius 1 is 1.30 bits per heavy atom. The van der Waals surface area contributed by atoms with Crippen LogP contribution in [-0.4, -0.2) is 29.7 Å². The number of rotatable bonds is 6. The van der Waals surface area contributed by atoms with Crippen molar-refractivity contribution in [3.05, 3.63) is 23.8 Å². The summed E-state index contributed by atoms with van der Waals surface area (Å²) in [5, 5.41) is 9.91. The fourth-order valence-corrected chi connectivity index (χ4v) is 3.15. The highest BCUT2D eigenvalue weighted by Crippen LogP contribution is 2.29. The molecule has 0 bridgehead atoms. The van der Waals surface area contributed by atoms with Crippen LogP contribution >= 0.6 is 0 Å². The van der Waals surface area contributed by atoms with Crippen molar-refractivity contribution in [3.63, 3.8) is 0 Å². The summed E-state index contributed by atoms with van der Waals surface area (Å²) in [6.45, 7) is 6.58. The van der Waals surface area contributed by atoms with Crippen LogP contribution in [0.15, 0.2) is 18.2 Å². The van der Waals surface area contributed by atoms with Gasteiger partial charge in [0.1, 0.15) is 0 Å². The summed E-state index contributed by atoms with van der Waals surface area (Å²) in [4.78, 5) is 2.58. The summed E-state index contributed by atoms with van der Waals surface area (Å²) in [5.74, 6) is 1.45. The molecule has 1 aromatic carbocycles. The predicted octanol–water partition coefficient (Wildman–Crippen LogP) is 3.80. The highest BCUT2D eigenvalue weighted by Gasteiger charge is 2.23.